The van der Waals surface area contributed by atoms with Crippen molar-refractivity contribution in [1.29, 1.82) is 0 Å². The summed E-state index contributed by atoms with van der Waals surface area (Å²) in [6, 6.07) is 24.0. The van der Waals surface area contributed by atoms with Crippen LogP contribution in [0.2, 0.25) is 0 Å². The Bertz CT molecular complexity index is 1350. The first-order chi connectivity index (χ1) is 16.7. The third kappa shape index (κ3) is 8.24. The maximum absolute atomic E-state index is 10.0. The zero-order valence-electron chi connectivity index (χ0n) is 22.9. The summed E-state index contributed by atoms with van der Waals surface area (Å²) in [4.78, 5) is 14.8. The van der Waals surface area contributed by atoms with Crippen LogP contribution in [0.3, 0.4) is 0 Å². The molecule has 2 heterocycles. The van der Waals surface area contributed by atoms with Crippen molar-refractivity contribution in [2.24, 2.45) is 0 Å². The van der Waals surface area contributed by atoms with E-state index < -0.39 is 0 Å². The van der Waals surface area contributed by atoms with Crippen molar-refractivity contribution in [1.82, 2.24) is 4.98 Å². The van der Waals surface area contributed by atoms with Gasteiger partial charge in [-0.3, -0.25) is 9.78 Å². The molecule has 37 heavy (non-hydrogen) atoms. The molecule has 0 saturated carbocycles. The Morgan fingerprint density at radius 1 is 0.919 bits per heavy atom. The Hall–Kier alpha value is -3.01. The smallest absolute Gasteiger partial charge is 0.155 e. The van der Waals surface area contributed by atoms with Gasteiger partial charge in [-0.15, -0.1) is 35.9 Å². The molecule has 0 saturated heterocycles. The van der Waals surface area contributed by atoms with Gasteiger partial charge in [0.15, 0.2) is 11.4 Å². The maximum Gasteiger partial charge on any atom is 0.155 e. The fraction of sp³-hybridized carbons (Fsp3) is 0.312. The molecule has 1 N–H and O–H groups in total. The van der Waals surface area contributed by atoms with Crippen molar-refractivity contribution >= 4 is 16.9 Å². The van der Waals surface area contributed by atoms with Gasteiger partial charge in [0, 0.05) is 37.8 Å². The predicted molar refractivity (Wildman–Crippen MR) is 148 cm³/mol. The molecule has 4 rings (SSSR count). The fourth-order valence-corrected chi connectivity index (χ4v) is 3.70. The number of hydrogen-bond acceptors (Lipinski definition) is 4. The number of hydrogen-bond donors (Lipinski definition) is 1. The Morgan fingerprint density at radius 3 is 2.00 bits per heavy atom. The van der Waals surface area contributed by atoms with Crippen molar-refractivity contribution < 1.29 is 34.4 Å². The average Bonchev–Trinajstić information content (AvgIpc) is 3.21. The number of rotatable bonds is 3. The molecule has 0 aliphatic heterocycles. The van der Waals surface area contributed by atoms with Crippen LogP contribution in [0, 0.1) is 6.07 Å². The number of ketones is 1. The van der Waals surface area contributed by atoms with Gasteiger partial charge in [0.05, 0.1) is 11.3 Å². The molecule has 0 atom stereocenters. The summed E-state index contributed by atoms with van der Waals surface area (Å²) in [6.07, 6.45) is 1.17. The molecule has 5 heteroatoms. The van der Waals surface area contributed by atoms with E-state index >= 15 is 0 Å². The number of aliphatic hydroxyl groups is 1. The van der Waals surface area contributed by atoms with Gasteiger partial charge < -0.3 is 9.52 Å². The number of furan rings is 1. The van der Waals surface area contributed by atoms with Gasteiger partial charge in [-0.05, 0) is 59.7 Å². The van der Waals surface area contributed by atoms with Crippen LogP contribution in [0.1, 0.15) is 66.5 Å². The van der Waals surface area contributed by atoms with Crippen LogP contribution >= 0.6 is 0 Å². The molecular weight excluding hydrogens is 639 g/mol. The van der Waals surface area contributed by atoms with E-state index in [1.165, 1.54) is 31.1 Å². The summed E-state index contributed by atoms with van der Waals surface area (Å²) in [5.74, 6) is 0.797. The van der Waals surface area contributed by atoms with Gasteiger partial charge in [-0.25, -0.2) is 0 Å². The van der Waals surface area contributed by atoms with E-state index in [4.69, 9.17) is 14.5 Å². The molecule has 4 aromatic rings. The van der Waals surface area contributed by atoms with Crippen molar-refractivity contribution in [3.05, 3.63) is 89.7 Å². The molecule has 2 aromatic heterocycles. The van der Waals surface area contributed by atoms with Gasteiger partial charge in [0.1, 0.15) is 5.76 Å². The van der Waals surface area contributed by atoms with E-state index in [-0.39, 0.29) is 42.5 Å². The molecule has 1 radical (unpaired) electrons. The molecule has 0 amide bonds. The van der Waals surface area contributed by atoms with Crippen molar-refractivity contribution in [3.63, 3.8) is 0 Å². The third-order valence-electron chi connectivity index (χ3n) is 5.72. The fourth-order valence-electron chi connectivity index (χ4n) is 3.70. The Kier molecular flexibility index (Phi) is 9.82. The van der Waals surface area contributed by atoms with Gasteiger partial charge in [-0.1, -0.05) is 53.7 Å². The number of fused-ring (bicyclic) bond motifs is 1. The van der Waals surface area contributed by atoms with Gasteiger partial charge >= 0.3 is 0 Å². The summed E-state index contributed by atoms with van der Waals surface area (Å²) < 4.78 is 6.21. The zero-order chi connectivity index (χ0) is 26.7. The van der Waals surface area contributed by atoms with E-state index in [0.717, 1.165) is 33.7 Å². The largest absolute Gasteiger partial charge is 0.512 e. The first-order valence-corrected chi connectivity index (χ1v) is 12.2. The summed E-state index contributed by atoms with van der Waals surface area (Å²) in [5.41, 5.74) is 7.43. The molecule has 0 unspecified atom stereocenters. The summed E-state index contributed by atoms with van der Waals surface area (Å²) in [6.45, 7) is 16.4. The predicted octanol–water partition coefficient (Wildman–Crippen LogP) is 8.59. The monoisotopic (exact) mass is 675 g/mol. The Labute approximate surface area is 234 Å². The van der Waals surface area contributed by atoms with Crippen LogP contribution in [0.25, 0.3) is 33.7 Å². The van der Waals surface area contributed by atoms with Crippen LogP contribution in [0.15, 0.2) is 76.9 Å². The number of aliphatic hydroxyl groups excluding tert-OH is 1. The summed E-state index contributed by atoms with van der Waals surface area (Å²) in [7, 11) is 0. The topological polar surface area (TPSA) is 63.3 Å². The first-order valence-electron chi connectivity index (χ1n) is 12.2. The molecule has 2 aromatic carbocycles. The van der Waals surface area contributed by atoms with Crippen LogP contribution in [-0.2, 0) is 35.7 Å². The Balaban J connectivity index is 0.000000532. The Morgan fingerprint density at radius 2 is 1.54 bits per heavy atom. The third-order valence-corrected chi connectivity index (χ3v) is 5.72. The second-order valence-electron chi connectivity index (χ2n) is 11.2. The maximum atomic E-state index is 10.0. The zero-order valence-corrected chi connectivity index (χ0v) is 25.3. The number of allylic oxidation sites excluding steroid dienone is 2. The number of aromatic nitrogens is 1. The molecule has 0 spiro atoms. The van der Waals surface area contributed by atoms with E-state index in [9.17, 15) is 4.79 Å². The minimum absolute atomic E-state index is 0. The van der Waals surface area contributed by atoms with Crippen molar-refractivity contribution in [2.75, 3.05) is 0 Å². The van der Waals surface area contributed by atoms with E-state index in [1.54, 1.807) is 0 Å². The van der Waals surface area contributed by atoms with Gasteiger partial charge in [-0.2, -0.15) is 0 Å². The number of nitrogens with zero attached hydrogens (tertiary/aromatic N) is 1. The molecule has 0 fully saturated rings. The second kappa shape index (κ2) is 12.0. The van der Waals surface area contributed by atoms with E-state index in [0.29, 0.717) is 0 Å². The minimum Gasteiger partial charge on any atom is -0.512 e. The van der Waals surface area contributed by atoms with Crippen molar-refractivity contribution in [3.8, 4) is 22.6 Å². The molecule has 0 bridgehead atoms. The molecule has 4 nitrogen and oxygen atoms in total. The molecule has 197 valence electrons. The SMILES string of the molecule is CC(=O)/C=C(/C)O.CC(C)(C)c1cc(-c2cc3nc(-c4[c-]cccc4)ccc3o2)cc(C(C)(C)C)c1.[Ir]. The van der Waals surface area contributed by atoms with E-state index in [1.807, 2.05) is 36.4 Å². The molecule has 0 aliphatic carbocycles. The molecular formula is C32H36IrNO3-. The number of carbonyl (C=O) groups is 1. The molecule has 0 aliphatic rings. The first kappa shape index (κ1) is 30.2. The number of benzene rings is 2. The van der Waals surface area contributed by atoms with Gasteiger partial charge in [0.25, 0.3) is 0 Å². The van der Waals surface area contributed by atoms with Crippen LogP contribution in [0.5, 0.6) is 0 Å². The normalized spacial score (nSPS) is 11.9. The second-order valence-corrected chi connectivity index (χ2v) is 11.2. The minimum atomic E-state index is -0.125. The van der Waals surface area contributed by atoms with Crippen LogP contribution in [-0.4, -0.2) is 15.9 Å². The van der Waals surface area contributed by atoms with Crippen molar-refractivity contribution in [2.45, 2.75) is 66.2 Å². The number of carbonyl (C=O) groups excluding carboxylic acids is 1. The average molecular weight is 675 g/mol. The van der Waals surface area contributed by atoms with Gasteiger partial charge in [0.2, 0.25) is 0 Å². The standard InChI is InChI=1S/C27H28NO.C5H8O2.Ir/c1-26(2,3)20-14-19(15-21(16-20)27(4,5)6)25-17-23-24(29-25)13-12-22(28-23)18-10-8-7-9-11-18;1-4(6)3-5(2)7;/h7-10,12-17H,1-6H3;3,6H,1-2H3;/q-1;;/b;4-3-;. The summed E-state index contributed by atoms with van der Waals surface area (Å²) >= 11 is 0. The van der Waals surface area contributed by atoms with E-state index in [2.05, 4.69) is 71.9 Å². The van der Waals surface area contributed by atoms with Crippen LogP contribution in [0.4, 0.5) is 0 Å². The number of pyridine rings is 1. The van der Waals surface area contributed by atoms with Crippen LogP contribution < -0.4 is 0 Å². The summed E-state index contributed by atoms with van der Waals surface area (Å²) in [5, 5.41) is 8.36. The quantitative estimate of drug-likeness (QED) is 0.134.